The quantitative estimate of drug-likeness (QED) is 0.649. The van der Waals surface area contributed by atoms with E-state index in [0.29, 0.717) is 15.8 Å². The van der Waals surface area contributed by atoms with Gasteiger partial charge >= 0.3 is 0 Å². The number of carbonyl (C=O) groups excluding carboxylic acids is 1. The Bertz CT molecular complexity index is 746. The van der Waals surface area contributed by atoms with Crippen LogP contribution in [-0.2, 0) is 10.5 Å². The molecule has 1 aliphatic rings. The number of nitrogens with zero attached hydrogens (tertiary/aromatic N) is 1. The molecule has 0 spiro atoms. The van der Waals surface area contributed by atoms with E-state index in [0.717, 1.165) is 30.1 Å². The van der Waals surface area contributed by atoms with Gasteiger partial charge in [-0.1, -0.05) is 29.3 Å². The molecule has 0 aliphatic carbocycles. The Hall–Kier alpha value is -1.36. The van der Waals surface area contributed by atoms with Crippen LogP contribution in [0.25, 0.3) is 0 Å². The zero-order valence-electron chi connectivity index (χ0n) is 14.5. The molecule has 138 valence electrons. The third-order valence-electron chi connectivity index (χ3n) is 4.36. The molecule has 3 rings (SSSR count). The van der Waals surface area contributed by atoms with Gasteiger partial charge in [-0.2, -0.15) is 0 Å². The molecule has 0 unspecified atom stereocenters. The number of carbonyl (C=O) groups is 1. The number of nitrogens with one attached hydrogen (secondary N) is 1. The van der Waals surface area contributed by atoms with Gasteiger partial charge in [0, 0.05) is 30.2 Å². The summed E-state index contributed by atoms with van der Waals surface area (Å²) in [6.07, 6.45) is 3.84. The smallest absolute Gasteiger partial charge is 0.234 e. The van der Waals surface area contributed by atoms with Gasteiger partial charge in [0.25, 0.3) is 0 Å². The molecule has 2 aromatic carbocycles. The molecule has 1 aliphatic heterocycles. The first-order chi connectivity index (χ1) is 12.6. The van der Waals surface area contributed by atoms with E-state index in [2.05, 4.69) is 22.3 Å². The maximum absolute atomic E-state index is 12.1. The lowest BCUT2D eigenvalue weighted by atomic mass is 10.1. The highest BCUT2D eigenvalue weighted by Crippen LogP contribution is 2.25. The Morgan fingerprint density at radius 3 is 2.42 bits per heavy atom. The van der Waals surface area contributed by atoms with Crippen molar-refractivity contribution in [2.24, 2.45) is 0 Å². The molecule has 1 saturated heterocycles. The minimum Gasteiger partial charge on any atom is -0.372 e. The minimum absolute atomic E-state index is 0.000725. The van der Waals surface area contributed by atoms with E-state index < -0.39 is 0 Å². The Labute approximate surface area is 169 Å². The van der Waals surface area contributed by atoms with Gasteiger partial charge in [0.1, 0.15) is 0 Å². The highest BCUT2D eigenvalue weighted by molar-refractivity contribution is 7.99. The number of hydrogen-bond acceptors (Lipinski definition) is 3. The molecule has 0 atom stereocenters. The van der Waals surface area contributed by atoms with Crippen LogP contribution in [-0.4, -0.2) is 24.7 Å². The summed E-state index contributed by atoms with van der Waals surface area (Å²) in [4.78, 5) is 14.5. The maximum Gasteiger partial charge on any atom is 0.234 e. The van der Waals surface area contributed by atoms with Crippen LogP contribution in [0.4, 0.5) is 11.4 Å². The third-order valence-corrected chi connectivity index (χ3v) is 6.10. The van der Waals surface area contributed by atoms with Gasteiger partial charge in [0.15, 0.2) is 0 Å². The molecule has 1 fully saturated rings. The van der Waals surface area contributed by atoms with Gasteiger partial charge in [-0.25, -0.2) is 0 Å². The second-order valence-corrected chi connectivity index (χ2v) is 8.18. The van der Waals surface area contributed by atoms with Crippen molar-refractivity contribution in [2.75, 3.05) is 29.1 Å². The van der Waals surface area contributed by atoms with E-state index in [9.17, 15) is 4.79 Å². The summed E-state index contributed by atoms with van der Waals surface area (Å²) in [5, 5.41) is 4.05. The summed E-state index contributed by atoms with van der Waals surface area (Å²) >= 11 is 13.5. The molecule has 1 heterocycles. The Balaban J connectivity index is 1.44. The first-order valence-electron chi connectivity index (χ1n) is 8.78. The molecule has 1 N–H and O–H groups in total. The lowest BCUT2D eigenvalue weighted by Crippen LogP contribution is -2.29. The first-order valence-corrected chi connectivity index (χ1v) is 10.7. The summed E-state index contributed by atoms with van der Waals surface area (Å²) in [5.74, 6) is 1.12. The van der Waals surface area contributed by atoms with E-state index in [4.69, 9.17) is 23.2 Å². The van der Waals surface area contributed by atoms with Crippen LogP contribution in [0.2, 0.25) is 10.0 Å². The largest absolute Gasteiger partial charge is 0.372 e. The van der Waals surface area contributed by atoms with E-state index in [1.54, 1.807) is 17.8 Å². The lowest BCUT2D eigenvalue weighted by Gasteiger charge is -2.28. The fourth-order valence-corrected chi connectivity index (χ4v) is 4.09. The normalized spacial score (nSPS) is 14.3. The van der Waals surface area contributed by atoms with Crippen LogP contribution < -0.4 is 10.2 Å². The number of thioether (sulfide) groups is 1. The topological polar surface area (TPSA) is 32.3 Å². The second-order valence-electron chi connectivity index (χ2n) is 6.38. The number of hydrogen-bond donors (Lipinski definition) is 1. The van der Waals surface area contributed by atoms with Crippen LogP contribution >= 0.6 is 35.0 Å². The van der Waals surface area contributed by atoms with E-state index in [1.165, 1.54) is 24.9 Å². The maximum atomic E-state index is 12.1. The van der Waals surface area contributed by atoms with Gasteiger partial charge in [-0.15, -0.1) is 11.8 Å². The summed E-state index contributed by atoms with van der Waals surface area (Å²) in [7, 11) is 0. The van der Waals surface area contributed by atoms with Crippen LogP contribution in [0.1, 0.15) is 24.8 Å². The molecule has 6 heteroatoms. The van der Waals surface area contributed by atoms with Gasteiger partial charge in [0.05, 0.1) is 15.8 Å². The second kappa shape index (κ2) is 9.54. The van der Waals surface area contributed by atoms with Gasteiger partial charge < -0.3 is 10.2 Å². The molecular weight excluding hydrogens is 387 g/mol. The van der Waals surface area contributed by atoms with Crippen molar-refractivity contribution in [3.63, 3.8) is 0 Å². The Kier molecular flexibility index (Phi) is 7.12. The van der Waals surface area contributed by atoms with Crippen molar-refractivity contribution < 1.29 is 4.79 Å². The van der Waals surface area contributed by atoms with Crippen LogP contribution in [0.15, 0.2) is 42.5 Å². The standard InChI is InChI=1S/C20H22Cl2N2OS/c21-18-9-4-15(12-19(18)22)13-26-14-20(25)23-16-5-7-17(8-6-16)24-10-2-1-3-11-24/h4-9,12H,1-3,10-11,13-14H2,(H,23,25). The van der Waals surface area contributed by atoms with Crippen molar-refractivity contribution in [3.8, 4) is 0 Å². The highest BCUT2D eigenvalue weighted by atomic mass is 35.5. The molecule has 0 aromatic heterocycles. The summed E-state index contributed by atoms with van der Waals surface area (Å²) in [6, 6.07) is 13.7. The summed E-state index contributed by atoms with van der Waals surface area (Å²) < 4.78 is 0. The average molecular weight is 409 g/mol. The van der Waals surface area contributed by atoms with Gasteiger partial charge in [-0.3, -0.25) is 4.79 Å². The number of rotatable bonds is 6. The third kappa shape index (κ3) is 5.57. The van der Waals surface area contributed by atoms with E-state index >= 15 is 0 Å². The number of halogens is 2. The molecule has 3 nitrogen and oxygen atoms in total. The molecule has 26 heavy (non-hydrogen) atoms. The number of benzene rings is 2. The highest BCUT2D eigenvalue weighted by Gasteiger charge is 2.11. The van der Waals surface area contributed by atoms with Crippen molar-refractivity contribution in [1.29, 1.82) is 0 Å². The zero-order valence-corrected chi connectivity index (χ0v) is 16.8. The van der Waals surface area contributed by atoms with Crippen molar-refractivity contribution in [2.45, 2.75) is 25.0 Å². The lowest BCUT2D eigenvalue weighted by molar-refractivity contribution is -0.113. The number of anilines is 2. The Morgan fingerprint density at radius 1 is 1.00 bits per heavy atom. The number of amides is 1. The van der Waals surface area contributed by atoms with Crippen molar-refractivity contribution in [1.82, 2.24) is 0 Å². The summed E-state index contributed by atoms with van der Waals surface area (Å²) in [5.41, 5.74) is 3.13. The molecular formula is C20H22Cl2N2OS. The zero-order chi connectivity index (χ0) is 18.4. The Morgan fingerprint density at radius 2 is 1.73 bits per heavy atom. The predicted octanol–water partition coefficient (Wildman–Crippen LogP) is 5.86. The van der Waals surface area contributed by atoms with Crippen molar-refractivity contribution in [3.05, 3.63) is 58.1 Å². The number of piperidine rings is 1. The molecule has 2 aromatic rings. The van der Waals surface area contributed by atoms with Crippen LogP contribution in [0.3, 0.4) is 0 Å². The van der Waals surface area contributed by atoms with Crippen LogP contribution in [0, 0.1) is 0 Å². The monoisotopic (exact) mass is 408 g/mol. The molecule has 0 bridgehead atoms. The van der Waals surface area contributed by atoms with Crippen molar-refractivity contribution >= 4 is 52.2 Å². The van der Waals surface area contributed by atoms with Gasteiger partial charge in [0.2, 0.25) is 5.91 Å². The fourth-order valence-electron chi connectivity index (χ4n) is 3.00. The first kappa shape index (κ1) is 19.4. The SMILES string of the molecule is O=C(CSCc1ccc(Cl)c(Cl)c1)Nc1ccc(N2CCCCC2)cc1. The predicted molar refractivity (Wildman–Crippen MR) is 114 cm³/mol. The van der Waals surface area contributed by atoms with Crippen LogP contribution in [0.5, 0.6) is 0 Å². The molecule has 0 saturated carbocycles. The fraction of sp³-hybridized carbons (Fsp3) is 0.350. The van der Waals surface area contributed by atoms with E-state index in [1.807, 2.05) is 24.3 Å². The van der Waals surface area contributed by atoms with E-state index in [-0.39, 0.29) is 5.91 Å². The average Bonchev–Trinajstić information content (AvgIpc) is 2.66. The summed E-state index contributed by atoms with van der Waals surface area (Å²) in [6.45, 7) is 2.24. The molecule has 1 amide bonds. The molecule has 0 radical (unpaired) electrons. The van der Waals surface area contributed by atoms with Gasteiger partial charge in [-0.05, 0) is 61.2 Å². The minimum atomic E-state index is 0.000725.